The van der Waals surface area contributed by atoms with E-state index in [4.69, 9.17) is 0 Å². The fourth-order valence-corrected chi connectivity index (χ4v) is 3.84. The van der Waals surface area contributed by atoms with Crippen LogP contribution in [0.3, 0.4) is 0 Å². The Morgan fingerprint density at radius 2 is 1.83 bits per heavy atom. The van der Waals surface area contributed by atoms with E-state index in [-0.39, 0.29) is 16.8 Å². The van der Waals surface area contributed by atoms with Gasteiger partial charge in [-0.3, -0.25) is 14.9 Å². The molecule has 2 heterocycles. The Morgan fingerprint density at radius 3 is 2.50 bits per heavy atom. The molecular formula is C26H22F4N4O2. The van der Waals surface area contributed by atoms with Crippen molar-refractivity contribution in [2.75, 3.05) is 6.61 Å². The van der Waals surface area contributed by atoms with Crippen LogP contribution >= 0.6 is 0 Å². The number of aromatic amines is 1. The number of rotatable bonds is 8. The molecule has 3 N–H and O–H groups in total. The van der Waals surface area contributed by atoms with Crippen LogP contribution in [0.15, 0.2) is 72.9 Å². The van der Waals surface area contributed by atoms with Crippen LogP contribution in [0.25, 0.3) is 22.5 Å². The maximum atomic E-state index is 15.4. The smallest absolute Gasteiger partial charge is 0.309 e. The third kappa shape index (κ3) is 4.99. The first kappa shape index (κ1) is 25.1. The summed E-state index contributed by atoms with van der Waals surface area (Å²) in [6.45, 7) is 0.725. The van der Waals surface area contributed by atoms with Gasteiger partial charge < -0.3 is 10.4 Å². The molecule has 0 spiro atoms. The van der Waals surface area contributed by atoms with Crippen LogP contribution in [-0.2, 0) is 5.92 Å². The van der Waals surface area contributed by atoms with E-state index in [2.05, 4.69) is 20.5 Å². The maximum Gasteiger partial charge on any atom is 0.309 e. The number of nitrogens with one attached hydrogen (secondary N) is 2. The zero-order valence-electron chi connectivity index (χ0n) is 19.1. The average Bonchev–Trinajstić information content (AvgIpc) is 3.37. The normalized spacial score (nSPS) is 13.3. The molecule has 4 rings (SSSR count). The van der Waals surface area contributed by atoms with Gasteiger partial charge in [-0.05, 0) is 54.6 Å². The molecule has 6 nitrogen and oxygen atoms in total. The van der Waals surface area contributed by atoms with Crippen LogP contribution in [0.2, 0.25) is 0 Å². The Kier molecular flexibility index (Phi) is 7.16. The largest absolute Gasteiger partial charge is 0.396 e. The molecule has 0 saturated carbocycles. The van der Waals surface area contributed by atoms with Crippen molar-refractivity contribution in [2.24, 2.45) is 5.92 Å². The van der Waals surface area contributed by atoms with Gasteiger partial charge in [0.15, 0.2) is 0 Å². The maximum absolute atomic E-state index is 15.4. The number of carbonyl (C=O) groups excluding carboxylic acids is 1. The number of aliphatic hydroxyl groups is 1. The van der Waals surface area contributed by atoms with Crippen molar-refractivity contribution in [3.63, 3.8) is 0 Å². The molecule has 0 saturated heterocycles. The average molecular weight is 498 g/mol. The van der Waals surface area contributed by atoms with Gasteiger partial charge in [-0.1, -0.05) is 19.1 Å². The van der Waals surface area contributed by atoms with Crippen LogP contribution in [0.1, 0.15) is 23.0 Å². The van der Waals surface area contributed by atoms with Gasteiger partial charge in [0.05, 0.1) is 17.0 Å². The van der Waals surface area contributed by atoms with Crippen molar-refractivity contribution in [3.05, 3.63) is 95.8 Å². The number of alkyl halides is 2. The van der Waals surface area contributed by atoms with E-state index < -0.39 is 47.7 Å². The number of halogens is 4. The molecule has 0 aliphatic carbocycles. The zero-order valence-corrected chi connectivity index (χ0v) is 19.1. The van der Waals surface area contributed by atoms with E-state index in [1.165, 1.54) is 67.7 Å². The van der Waals surface area contributed by atoms with Gasteiger partial charge >= 0.3 is 5.92 Å². The van der Waals surface area contributed by atoms with Crippen LogP contribution in [0.5, 0.6) is 0 Å². The molecule has 0 aliphatic rings. The predicted molar refractivity (Wildman–Crippen MR) is 125 cm³/mol. The molecule has 36 heavy (non-hydrogen) atoms. The van der Waals surface area contributed by atoms with Crippen molar-refractivity contribution >= 4 is 5.91 Å². The summed E-state index contributed by atoms with van der Waals surface area (Å²) in [5, 5.41) is 18.6. The topological polar surface area (TPSA) is 90.9 Å². The van der Waals surface area contributed by atoms with Crippen molar-refractivity contribution < 1.29 is 27.5 Å². The molecule has 186 valence electrons. The Bertz CT molecular complexity index is 1340. The lowest BCUT2D eigenvalue weighted by atomic mass is 9.93. The molecule has 2 aromatic heterocycles. The quantitative estimate of drug-likeness (QED) is 0.300. The van der Waals surface area contributed by atoms with Crippen molar-refractivity contribution in [3.8, 4) is 22.5 Å². The molecule has 4 aromatic rings. The SMILES string of the molecule is C[C@H](CO)[C@H](NC(=O)c1cccc(F)c1-c1cc(-c2ccc(F)cc2)n[nH]1)C(F)(F)c1ccccn1. The molecule has 2 aromatic carbocycles. The lowest BCUT2D eigenvalue weighted by molar-refractivity contribution is -0.0676. The second-order valence-electron chi connectivity index (χ2n) is 8.29. The third-order valence-electron chi connectivity index (χ3n) is 5.79. The lowest BCUT2D eigenvalue weighted by Gasteiger charge is -2.31. The molecule has 0 unspecified atom stereocenters. The van der Waals surface area contributed by atoms with E-state index in [0.717, 1.165) is 12.1 Å². The highest BCUT2D eigenvalue weighted by molar-refractivity contribution is 6.01. The molecule has 0 radical (unpaired) electrons. The minimum absolute atomic E-state index is 0.126. The number of nitrogens with zero attached hydrogens (tertiary/aromatic N) is 2. The first-order valence-corrected chi connectivity index (χ1v) is 11.0. The lowest BCUT2D eigenvalue weighted by Crippen LogP contribution is -2.51. The van der Waals surface area contributed by atoms with E-state index >= 15 is 8.78 Å². The van der Waals surface area contributed by atoms with E-state index in [9.17, 15) is 18.7 Å². The molecular weight excluding hydrogens is 476 g/mol. The molecule has 0 aliphatic heterocycles. The fourth-order valence-electron chi connectivity index (χ4n) is 3.84. The second-order valence-corrected chi connectivity index (χ2v) is 8.29. The molecule has 10 heteroatoms. The highest BCUT2D eigenvalue weighted by Gasteiger charge is 2.46. The van der Waals surface area contributed by atoms with Crippen LogP contribution in [0.4, 0.5) is 17.6 Å². The molecule has 1 amide bonds. The highest BCUT2D eigenvalue weighted by atomic mass is 19.3. The number of aromatic nitrogens is 3. The number of aliphatic hydroxyl groups excluding tert-OH is 1. The summed E-state index contributed by atoms with van der Waals surface area (Å²) in [5.41, 5.74) is 0.0817. The van der Waals surface area contributed by atoms with E-state index in [0.29, 0.717) is 11.3 Å². The van der Waals surface area contributed by atoms with E-state index in [1.807, 2.05) is 0 Å². The Morgan fingerprint density at radius 1 is 1.08 bits per heavy atom. The van der Waals surface area contributed by atoms with Gasteiger partial charge in [0.25, 0.3) is 5.91 Å². The third-order valence-corrected chi connectivity index (χ3v) is 5.79. The van der Waals surface area contributed by atoms with Crippen molar-refractivity contribution in [2.45, 2.75) is 18.9 Å². The van der Waals surface area contributed by atoms with Gasteiger partial charge in [0, 0.05) is 29.8 Å². The van der Waals surface area contributed by atoms with Gasteiger partial charge in [-0.2, -0.15) is 13.9 Å². The number of hydrogen-bond donors (Lipinski definition) is 3. The standard InChI is InChI=1S/C26H22F4N4O2/c1-15(14-35)24(26(29,30)22-7-2-3-12-31-22)32-25(36)18-5-4-6-19(28)23(18)21-13-20(33-34-21)16-8-10-17(27)11-9-16/h2-13,15,24,35H,14H2,1H3,(H,32,36)(H,33,34)/t15-,24+/m1/s1. The van der Waals surface area contributed by atoms with Crippen LogP contribution < -0.4 is 5.32 Å². The van der Waals surface area contributed by atoms with Gasteiger partial charge in [0.1, 0.15) is 23.4 Å². The monoisotopic (exact) mass is 498 g/mol. The van der Waals surface area contributed by atoms with Crippen LogP contribution in [0, 0.1) is 17.6 Å². The highest BCUT2D eigenvalue weighted by Crippen LogP contribution is 2.35. The van der Waals surface area contributed by atoms with E-state index in [1.54, 1.807) is 0 Å². The molecule has 0 fully saturated rings. The second kappa shape index (κ2) is 10.3. The minimum Gasteiger partial charge on any atom is -0.396 e. The summed E-state index contributed by atoms with van der Waals surface area (Å²) in [4.78, 5) is 16.9. The van der Waals surface area contributed by atoms with Gasteiger partial charge in [-0.25, -0.2) is 8.78 Å². The molecule has 2 atom stereocenters. The Balaban J connectivity index is 1.69. The predicted octanol–water partition coefficient (Wildman–Crippen LogP) is 4.94. The number of amides is 1. The summed E-state index contributed by atoms with van der Waals surface area (Å²) >= 11 is 0. The first-order valence-electron chi connectivity index (χ1n) is 11.0. The van der Waals surface area contributed by atoms with Crippen molar-refractivity contribution in [1.82, 2.24) is 20.5 Å². The Hall–Kier alpha value is -4.05. The molecule has 0 bridgehead atoms. The summed E-state index contributed by atoms with van der Waals surface area (Å²) in [6.07, 6.45) is 1.20. The van der Waals surface area contributed by atoms with Crippen molar-refractivity contribution in [1.29, 1.82) is 0 Å². The summed E-state index contributed by atoms with van der Waals surface area (Å²) in [7, 11) is 0. The number of pyridine rings is 1. The number of carbonyl (C=O) groups is 1. The van der Waals surface area contributed by atoms with Gasteiger partial charge in [0.2, 0.25) is 0 Å². The summed E-state index contributed by atoms with van der Waals surface area (Å²) in [6, 6.07) is 12.8. The minimum atomic E-state index is -3.63. The number of benzene rings is 2. The number of H-pyrrole nitrogens is 1. The van der Waals surface area contributed by atoms with Crippen LogP contribution in [-0.4, -0.2) is 38.8 Å². The van der Waals surface area contributed by atoms with Gasteiger partial charge in [-0.15, -0.1) is 0 Å². The zero-order chi connectivity index (χ0) is 25.9. The summed E-state index contributed by atoms with van der Waals surface area (Å²) < 4.78 is 58.9. The number of hydrogen-bond acceptors (Lipinski definition) is 4. The first-order chi connectivity index (χ1) is 17.2. The Labute approximate surface area is 204 Å². The summed E-state index contributed by atoms with van der Waals surface area (Å²) in [5.74, 6) is -6.86. The fraction of sp³-hybridized carbons (Fsp3) is 0.192.